The van der Waals surface area contributed by atoms with Crippen molar-refractivity contribution in [3.8, 4) is 0 Å². The molecule has 1 aromatic rings. The monoisotopic (exact) mass is 304 g/mol. The van der Waals surface area contributed by atoms with Crippen LogP contribution in [0.15, 0.2) is 29.8 Å². The molecule has 1 saturated heterocycles. The molecule has 22 heavy (non-hydrogen) atoms. The van der Waals surface area contributed by atoms with E-state index in [-0.39, 0.29) is 11.7 Å². The Kier molecular flexibility index (Phi) is 4.66. The molecule has 2 rings (SSSR count). The van der Waals surface area contributed by atoms with Crippen molar-refractivity contribution in [2.24, 2.45) is 0 Å². The normalized spacial score (nSPS) is 17.2. The van der Waals surface area contributed by atoms with Gasteiger partial charge in [-0.2, -0.15) is 0 Å². The van der Waals surface area contributed by atoms with Crippen molar-refractivity contribution in [3.05, 3.63) is 41.0 Å². The molecule has 1 aliphatic heterocycles. The van der Waals surface area contributed by atoms with Crippen molar-refractivity contribution in [1.29, 1.82) is 0 Å². The van der Waals surface area contributed by atoms with Crippen LogP contribution in [0.2, 0.25) is 0 Å². The summed E-state index contributed by atoms with van der Waals surface area (Å²) in [5.41, 5.74) is 1.57. The van der Waals surface area contributed by atoms with Crippen LogP contribution in [-0.4, -0.2) is 23.8 Å². The topological polar surface area (TPSA) is 61.8 Å². The highest BCUT2D eigenvalue weighted by molar-refractivity contribution is 6.18. The molecule has 0 spiro atoms. The SMILES string of the molecule is CC(C)OCc1cccc(C=C2C(=O)OC(C)(C)OC2=O)c1. The Balaban J connectivity index is 2.20. The van der Waals surface area contributed by atoms with Crippen LogP contribution in [0.5, 0.6) is 0 Å². The lowest BCUT2D eigenvalue weighted by atomic mass is 10.1. The van der Waals surface area contributed by atoms with Gasteiger partial charge in [-0.25, -0.2) is 9.59 Å². The van der Waals surface area contributed by atoms with E-state index in [4.69, 9.17) is 14.2 Å². The third kappa shape index (κ3) is 4.18. The molecule has 0 unspecified atom stereocenters. The maximum absolute atomic E-state index is 11.9. The smallest absolute Gasteiger partial charge is 0.348 e. The van der Waals surface area contributed by atoms with E-state index in [0.717, 1.165) is 5.56 Å². The zero-order chi connectivity index (χ0) is 16.3. The van der Waals surface area contributed by atoms with Crippen molar-refractivity contribution in [3.63, 3.8) is 0 Å². The minimum Gasteiger partial charge on any atom is -0.419 e. The summed E-state index contributed by atoms with van der Waals surface area (Å²) in [6.45, 7) is 7.42. The zero-order valence-corrected chi connectivity index (χ0v) is 13.2. The fourth-order valence-electron chi connectivity index (χ4n) is 1.98. The van der Waals surface area contributed by atoms with Gasteiger partial charge in [0.2, 0.25) is 0 Å². The van der Waals surface area contributed by atoms with Crippen LogP contribution < -0.4 is 0 Å². The average Bonchev–Trinajstić information content (AvgIpc) is 2.40. The van der Waals surface area contributed by atoms with Crippen molar-refractivity contribution in [2.75, 3.05) is 0 Å². The Morgan fingerprint density at radius 2 is 1.82 bits per heavy atom. The van der Waals surface area contributed by atoms with E-state index < -0.39 is 17.7 Å². The molecular weight excluding hydrogens is 284 g/mol. The Labute approximate surface area is 129 Å². The summed E-state index contributed by atoms with van der Waals surface area (Å²) in [6, 6.07) is 7.42. The predicted octanol–water partition coefficient (Wildman–Crippen LogP) is 2.83. The van der Waals surface area contributed by atoms with E-state index in [9.17, 15) is 9.59 Å². The summed E-state index contributed by atoms with van der Waals surface area (Å²) in [5.74, 6) is -2.58. The van der Waals surface area contributed by atoms with E-state index >= 15 is 0 Å². The van der Waals surface area contributed by atoms with Crippen molar-refractivity contribution >= 4 is 18.0 Å². The lowest BCUT2D eigenvalue weighted by Crippen LogP contribution is -2.41. The molecule has 0 saturated carbocycles. The van der Waals surface area contributed by atoms with E-state index in [1.807, 2.05) is 32.0 Å². The van der Waals surface area contributed by atoms with Gasteiger partial charge in [-0.15, -0.1) is 0 Å². The number of benzene rings is 1. The molecule has 0 bridgehead atoms. The fraction of sp³-hybridized carbons (Fsp3) is 0.412. The molecule has 1 aromatic carbocycles. The number of hydrogen-bond donors (Lipinski definition) is 0. The summed E-state index contributed by atoms with van der Waals surface area (Å²) in [5, 5.41) is 0. The second-order valence-corrected chi connectivity index (χ2v) is 5.84. The van der Waals surface area contributed by atoms with Crippen LogP contribution in [0.1, 0.15) is 38.8 Å². The number of hydrogen-bond acceptors (Lipinski definition) is 5. The molecule has 1 heterocycles. The number of carbonyl (C=O) groups excluding carboxylic acids is 2. The van der Waals surface area contributed by atoms with Crippen molar-refractivity contribution < 1.29 is 23.8 Å². The van der Waals surface area contributed by atoms with Crippen molar-refractivity contribution in [1.82, 2.24) is 0 Å². The number of ether oxygens (including phenoxy) is 3. The maximum atomic E-state index is 11.9. The van der Waals surface area contributed by atoms with Crippen LogP contribution in [0.4, 0.5) is 0 Å². The summed E-state index contributed by atoms with van der Waals surface area (Å²) < 4.78 is 15.7. The van der Waals surface area contributed by atoms with Gasteiger partial charge in [0.05, 0.1) is 12.7 Å². The summed E-state index contributed by atoms with van der Waals surface area (Å²) in [6.07, 6.45) is 1.60. The number of cyclic esters (lactones) is 2. The van der Waals surface area contributed by atoms with Crippen LogP contribution in [0, 0.1) is 0 Å². The summed E-state index contributed by atoms with van der Waals surface area (Å²) >= 11 is 0. The average molecular weight is 304 g/mol. The van der Waals surface area contributed by atoms with Crippen LogP contribution in [0.25, 0.3) is 6.08 Å². The first-order chi connectivity index (χ1) is 10.3. The fourth-order valence-corrected chi connectivity index (χ4v) is 1.98. The second kappa shape index (κ2) is 6.32. The third-order valence-corrected chi connectivity index (χ3v) is 2.96. The molecule has 118 valence electrons. The molecule has 0 aromatic heterocycles. The second-order valence-electron chi connectivity index (χ2n) is 5.84. The molecule has 0 atom stereocenters. The lowest BCUT2D eigenvalue weighted by molar-refractivity contribution is -0.222. The minimum absolute atomic E-state index is 0.110. The molecule has 0 amide bonds. The van der Waals surface area contributed by atoms with Gasteiger partial charge in [0.15, 0.2) is 0 Å². The van der Waals surface area contributed by atoms with E-state index in [1.54, 1.807) is 6.07 Å². The number of esters is 2. The quantitative estimate of drug-likeness (QED) is 0.486. The van der Waals surface area contributed by atoms with Gasteiger partial charge in [0, 0.05) is 13.8 Å². The first-order valence-electron chi connectivity index (χ1n) is 7.16. The van der Waals surface area contributed by atoms with Gasteiger partial charge in [-0.05, 0) is 37.1 Å². The highest BCUT2D eigenvalue weighted by Gasteiger charge is 2.38. The Hall–Kier alpha value is -2.14. The Morgan fingerprint density at radius 3 is 2.41 bits per heavy atom. The van der Waals surface area contributed by atoms with Gasteiger partial charge in [0.1, 0.15) is 5.57 Å². The molecule has 0 N–H and O–H groups in total. The Bertz CT molecular complexity index is 591. The minimum atomic E-state index is -1.22. The summed E-state index contributed by atoms with van der Waals surface area (Å²) in [4.78, 5) is 23.8. The molecule has 5 heteroatoms. The van der Waals surface area contributed by atoms with Gasteiger partial charge in [-0.1, -0.05) is 18.2 Å². The van der Waals surface area contributed by atoms with Crippen LogP contribution >= 0.6 is 0 Å². The largest absolute Gasteiger partial charge is 0.419 e. The lowest BCUT2D eigenvalue weighted by Gasteiger charge is -2.29. The third-order valence-electron chi connectivity index (χ3n) is 2.96. The van der Waals surface area contributed by atoms with Gasteiger partial charge < -0.3 is 14.2 Å². The first-order valence-corrected chi connectivity index (χ1v) is 7.16. The van der Waals surface area contributed by atoms with Gasteiger partial charge >= 0.3 is 11.9 Å². The predicted molar refractivity (Wildman–Crippen MR) is 80.6 cm³/mol. The molecule has 1 fully saturated rings. The molecule has 0 radical (unpaired) electrons. The van der Waals surface area contributed by atoms with E-state index in [2.05, 4.69) is 0 Å². The first kappa shape index (κ1) is 16.2. The van der Waals surface area contributed by atoms with Crippen molar-refractivity contribution in [2.45, 2.75) is 46.2 Å². The zero-order valence-electron chi connectivity index (χ0n) is 13.2. The van der Waals surface area contributed by atoms with E-state index in [0.29, 0.717) is 12.2 Å². The Morgan fingerprint density at radius 1 is 1.18 bits per heavy atom. The van der Waals surface area contributed by atoms with Gasteiger partial charge in [0.25, 0.3) is 5.79 Å². The van der Waals surface area contributed by atoms with Crippen LogP contribution in [-0.2, 0) is 30.4 Å². The maximum Gasteiger partial charge on any atom is 0.348 e. The number of rotatable bonds is 4. The van der Waals surface area contributed by atoms with E-state index in [1.165, 1.54) is 19.9 Å². The molecule has 1 aliphatic rings. The van der Waals surface area contributed by atoms with Gasteiger partial charge in [-0.3, -0.25) is 0 Å². The number of carbonyl (C=O) groups is 2. The molecule has 5 nitrogen and oxygen atoms in total. The summed E-state index contributed by atoms with van der Waals surface area (Å²) in [7, 11) is 0. The standard InChI is InChI=1S/C17H20O5/c1-11(2)20-10-13-7-5-6-12(8-13)9-14-15(18)21-17(3,4)22-16(14)19/h5-9,11H,10H2,1-4H3. The molecule has 0 aliphatic carbocycles. The highest BCUT2D eigenvalue weighted by Crippen LogP contribution is 2.24. The highest BCUT2D eigenvalue weighted by atomic mass is 16.7. The molecular formula is C17H20O5. The van der Waals surface area contributed by atoms with Crippen LogP contribution in [0.3, 0.4) is 0 Å².